The first-order chi connectivity index (χ1) is 10.6. The molecule has 2 saturated carbocycles. The zero-order valence-electron chi connectivity index (χ0n) is 12.6. The summed E-state index contributed by atoms with van der Waals surface area (Å²) in [4.78, 5) is 36.1. The number of carbonyl (C=O) groups excluding carboxylic acids is 3. The Kier molecular flexibility index (Phi) is 3.31. The largest absolute Gasteiger partial charge is 0.468 e. The summed E-state index contributed by atoms with van der Waals surface area (Å²) in [5.41, 5.74) is -0.938. The van der Waals surface area contributed by atoms with E-state index in [2.05, 4.69) is 0 Å². The third-order valence-electron chi connectivity index (χ3n) is 5.27. The number of ether oxygens (including phenoxy) is 2. The van der Waals surface area contributed by atoms with E-state index in [0.717, 1.165) is 11.8 Å². The van der Waals surface area contributed by atoms with E-state index in [4.69, 9.17) is 9.47 Å². The van der Waals surface area contributed by atoms with E-state index in [-0.39, 0.29) is 18.3 Å². The van der Waals surface area contributed by atoms with Crippen molar-refractivity contribution in [1.29, 1.82) is 0 Å². The molecule has 5 heteroatoms. The molecule has 2 aliphatic carbocycles. The first kappa shape index (κ1) is 14.8. The molecular weight excluding hydrogens is 284 g/mol. The van der Waals surface area contributed by atoms with E-state index in [1.807, 2.05) is 30.3 Å². The molecule has 0 aromatic heterocycles. The van der Waals surface area contributed by atoms with Crippen LogP contribution >= 0.6 is 0 Å². The lowest BCUT2D eigenvalue weighted by Crippen LogP contribution is -2.41. The van der Waals surface area contributed by atoms with Crippen molar-refractivity contribution in [1.82, 2.24) is 0 Å². The Morgan fingerprint density at radius 3 is 2.18 bits per heavy atom. The quantitative estimate of drug-likeness (QED) is 0.481. The van der Waals surface area contributed by atoms with Crippen LogP contribution in [-0.4, -0.2) is 32.4 Å². The number of methoxy groups -OCH3 is 2. The maximum absolute atomic E-state index is 12.2. The zero-order chi connectivity index (χ0) is 16.0. The highest BCUT2D eigenvalue weighted by molar-refractivity contribution is 6.02. The first-order valence-corrected chi connectivity index (χ1v) is 7.24. The van der Waals surface area contributed by atoms with Gasteiger partial charge in [-0.25, -0.2) is 0 Å². The Bertz CT molecular complexity index is 607. The summed E-state index contributed by atoms with van der Waals surface area (Å²) in [6.45, 7) is 0. The predicted octanol–water partition coefficient (Wildman–Crippen LogP) is 1.71. The Morgan fingerprint density at radius 1 is 1.14 bits per heavy atom. The highest BCUT2D eigenvalue weighted by Gasteiger charge is 2.77. The second kappa shape index (κ2) is 4.93. The number of benzene rings is 1. The van der Waals surface area contributed by atoms with Crippen LogP contribution in [0.25, 0.3) is 0 Å². The fourth-order valence-corrected chi connectivity index (χ4v) is 4.25. The van der Waals surface area contributed by atoms with Crippen LogP contribution in [0.5, 0.6) is 0 Å². The fourth-order valence-electron chi connectivity index (χ4n) is 4.25. The summed E-state index contributed by atoms with van der Waals surface area (Å²) < 4.78 is 9.61. The number of rotatable bonds is 4. The van der Waals surface area contributed by atoms with E-state index in [9.17, 15) is 14.4 Å². The average Bonchev–Trinajstić information content (AvgIpc) is 3.04. The van der Waals surface area contributed by atoms with E-state index < -0.39 is 22.8 Å². The van der Waals surface area contributed by atoms with E-state index in [0.29, 0.717) is 6.42 Å². The zero-order valence-corrected chi connectivity index (χ0v) is 12.6. The van der Waals surface area contributed by atoms with Gasteiger partial charge in [0, 0.05) is 11.3 Å². The summed E-state index contributed by atoms with van der Waals surface area (Å²) in [5, 5.41) is 0. The molecule has 0 saturated heterocycles. The van der Waals surface area contributed by atoms with Crippen molar-refractivity contribution in [3.63, 3.8) is 0 Å². The lowest BCUT2D eigenvalue weighted by molar-refractivity contribution is -0.170. The minimum atomic E-state index is -1.35. The van der Waals surface area contributed by atoms with Gasteiger partial charge < -0.3 is 14.3 Å². The van der Waals surface area contributed by atoms with Crippen LogP contribution in [0.15, 0.2) is 30.3 Å². The van der Waals surface area contributed by atoms with Gasteiger partial charge in [-0.2, -0.15) is 0 Å². The van der Waals surface area contributed by atoms with Crippen molar-refractivity contribution in [3.05, 3.63) is 35.9 Å². The van der Waals surface area contributed by atoms with Gasteiger partial charge in [-0.15, -0.1) is 0 Å². The van der Waals surface area contributed by atoms with E-state index in [1.54, 1.807) is 0 Å². The molecule has 22 heavy (non-hydrogen) atoms. The lowest BCUT2D eigenvalue weighted by Gasteiger charge is -2.27. The molecule has 1 aromatic carbocycles. The fraction of sp³-hybridized carbons (Fsp3) is 0.471. The van der Waals surface area contributed by atoms with Gasteiger partial charge in [-0.05, 0) is 24.3 Å². The summed E-state index contributed by atoms with van der Waals surface area (Å²) in [6, 6.07) is 9.73. The second-order valence-electron chi connectivity index (χ2n) is 6.17. The van der Waals surface area contributed by atoms with E-state index in [1.165, 1.54) is 14.2 Å². The van der Waals surface area contributed by atoms with Crippen molar-refractivity contribution in [3.8, 4) is 0 Å². The monoisotopic (exact) mass is 302 g/mol. The smallest absolute Gasteiger partial charge is 0.323 e. The molecule has 2 fully saturated rings. The van der Waals surface area contributed by atoms with Crippen LogP contribution in [0.1, 0.15) is 24.3 Å². The number of esters is 2. The minimum Gasteiger partial charge on any atom is -0.468 e. The molecule has 0 aliphatic heterocycles. The number of hydrogen-bond donors (Lipinski definition) is 0. The van der Waals surface area contributed by atoms with Crippen molar-refractivity contribution in [2.24, 2.45) is 16.7 Å². The van der Waals surface area contributed by atoms with Crippen LogP contribution in [0, 0.1) is 16.7 Å². The summed E-state index contributed by atoms with van der Waals surface area (Å²) >= 11 is 0. The minimum absolute atomic E-state index is 0.0226. The van der Waals surface area contributed by atoms with Crippen LogP contribution in [0.3, 0.4) is 0 Å². The Balaban J connectivity index is 1.94. The molecule has 0 amide bonds. The molecule has 0 N–H and O–H groups in total. The molecule has 116 valence electrons. The van der Waals surface area contributed by atoms with Gasteiger partial charge in [-0.3, -0.25) is 9.59 Å². The van der Waals surface area contributed by atoms with Crippen molar-refractivity contribution in [2.45, 2.75) is 18.8 Å². The predicted molar refractivity (Wildman–Crippen MR) is 76.9 cm³/mol. The normalized spacial score (nSPS) is 31.0. The highest BCUT2D eigenvalue weighted by atomic mass is 16.5. The van der Waals surface area contributed by atoms with Gasteiger partial charge in [0.2, 0.25) is 0 Å². The number of fused-ring (bicyclic) bond motifs is 1. The molecule has 3 rings (SSSR count). The first-order valence-electron chi connectivity index (χ1n) is 7.24. The molecule has 0 unspecified atom stereocenters. The maximum Gasteiger partial charge on any atom is 0.323 e. The summed E-state index contributed by atoms with van der Waals surface area (Å²) in [5.74, 6) is -1.18. The van der Waals surface area contributed by atoms with Gasteiger partial charge in [0.15, 0.2) is 5.41 Å². The van der Waals surface area contributed by atoms with Crippen LogP contribution in [0.4, 0.5) is 0 Å². The van der Waals surface area contributed by atoms with Gasteiger partial charge >= 0.3 is 11.9 Å². The molecule has 0 bridgehead atoms. The molecule has 0 heterocycles. The summed E-state index contributed by atoms with van der Waals surface area (Å²) in [7, 11) is 2.50. The summed E-state index contributed by atoms with van der Waals surface area (Å²) in [6.07, 6.45) is 1.36. The van der Waals surface area contributed by atoms with Gasteiger partial charge in [0.1, 0.15) is 6.29 Å². The molecule has 0 radical (unpaired) electrons. The van der Waals surface area contributed by atoms with Crippen molar-refractivity contribution >= 4 is 18.2 Å². The Labute approximate surface area is 128 Å². The van der Waals surface area contributed by atoms with Crippen LogP contribution in [-0.2, 0) is 23.9 Å². The molecule has 5 nitrogen and oxygen atoms in total. The highest BCUT2D eigenvalue weighted by Crippen LogP contribution is 2.76. The standard InChI is InChI=1S/C17H18O5/c1-21-14(19)16(15(20)22-2)8-12-13(17(12,9-16)10-18)11-6-4-3-5-7-11/h3-7,10,12-13H,8-9H2,1-2H3/t12-,13-,17+/m1/s1. The molecule has 0 spiro atoms. The van der Waals surface area contributed by atoms with E-state index >= 15 is 0 Å². The Hall–Kier alpha value is -2.17. The van der Waals surface area contributed by atoms with Gasteiger partial charge in [0.25, 0.3) is 0 Å². The second-order valence-corrected chi connectivity index (χ2v) is 6.17. The number of aldehydes is 1. The lowest BCUT2D eigenvalue weighted by atomic mass is 9.78. The van der Waals surface area contributed by atoms with Crippen molar-refractivity contribution in [2.75, 3.05) is 14.2 Å². The average molecular weight is 302 g/mol. The topological polar surface area (TPSA) is 69.7 Å². The molecule has 2 aliphatic rings. The third kappa shape index (κ3) is 1.74. The Morgan fingerprint density at radius 2 is 1.73 bits per heavy atom. The molecule has 1 aromatic rings. The van der Waals surface area contributed by atoms with Crippen molar-refractivity contribution < 1.29 is 23.9 Å². The van der Waals surface area contributed by atoms with Crippen LogP contribution < -0.4 is 0 Å². The molecule has 3 atom stereocenters. The SMILES string of the molecule is COC(=O)C1(C(=O)OC)C[C@@H]2[C@@H](c3ccccc3)[C@]2(C=O)C1. The number of hydrogen-bond acceptors (Lipinski definition) is 5. The third-order valence-corrected chi connectivity index (χ3v) is 5.27. The van der Waals surface area contributed by atoms with Gasteiger partial charge in [0.05, 0.1) is 14.2 Å². The number of carbonyl (C=O) groups is 3. The van der Waals surface area contributed by atoms with Gasteiger partial charge in [-0.1, -0.05) is 30.3 Å². The van der Waals surface area contributed by atoms with Crippen LogP contribution in [0.2, 0.25) is 0 Å². The molecular formula is C17H18O5. The maximum atomic E-state index is 12.2.